The summed E-state index contributed by atoms with van der Waals surface area (Å²) in [6, 6.07) is 4.12. The van der Waals surface area contributed by atoms with E-state index in [0.29, 0.717) is 13.1 Å². The summed E-state index contributed by atoms with van der Waals surface area (Å²) < 4.78 is 31.6. The van der Waals surface area contributed by atoms with E-state index in [1.165, 1.54) is 22.5 Å². The Kier molecular flexibility index (Phi) is 5.31. The van der Waals surface area contributed by atoms with Crippen LogP contribution in [0, 0.1) is 0 Å². The summed E-state index contributed by atoms with van der Waals surface area (Å²) >= 11 is 6.03. The van der Waals surface area contributed by atoms with Crippen molar-refractivity contribution in [3.63, 3.8) is 0 Å². The maximum absolute atomic E-state index is 12.6. The van der Waals surface area contributed by atoms with Crippen molar-refractivity contribution in [3.05, 3.63) is 28.8 Å². The predicted molar refractivity (Wildman–Crippen MR) is 90.9 cm³/mol. The molecule has 0 spiro atoms. The summed E-state index contributed by atoms with van der Waals surface area (Å²) in [7, 11) is -3.75. The molecule has 1 N–H and O–H groups in total. The van der Waals surface area contributed by atoms with Gasteiger partial charge >= 0.3 is 5.97 Å². The van der Waals surface area contributed by atoms with Gasteiger partial charge in [0.2, 0.25) is 10.0 Å². The maximum Gasteiger partial charge on any atom is 0.338 e. The second kappa shape index (κ2) is 7.31. The number of benzene rings is 1. The number of halogens is 1. The largest absolute Gasteiger partial charge is 0.452 e. The lowest BCUT2D eigenvalue weighted by Crippen LogP contribution is -2.30. The zero-order valence-electron chi connectivity index (χ0n) is 13.5. The number of carbonyl (C=O) groups is 2. The van der Waals surface area contributed by atoms with E-state index in [1.807, 2.05) is 0 Å². The minimum absolute atomic E-state index is 0.0430. The van der Waals surface area contributed by atoms with E-state index in [4.69, 9.17) is 16.3 Å². The van der Waals surface area contributed by atoms with Gasteiger partial charge < -0.3 is 10.1 Å². The first-order valence-corrected chi connectivity index (χ1v) is 9.96. The van der Waals surface area contributed by atoms with Crippen LogP contribution in [0.25, 0.3) is 0 Å². The summed E-state index contributed by atoms with van der Waals surface area (Å²) in [4.78, 5) is 23.6. The molecule has 1 amide bonds. The van der Waals surface area contributed by atoms with Gasteiger partial charge in [0.15, 0.2) is 6.61 Å². The molecular weight excluding hydrogens is 368 g/mol. The van der Waals surface area contributed by atoms with Crippen LogP contribution in [0.2, 0.25) is 5.02 Å². The van der Waals surface area contributed by atoms with Crippen molar-refractivity contribution in [1.82, 2.24) is 9.62 Å². The number of sulfonamides is 1. The Morgan fingerprint density at radius 3 is 2.56 bits per heavy atom. The van der Waals surface area contributed by atoms with Crippen LogP contribution in [-0.2, 0) is 19.6 Å². The Morgan fingerprint density at radius 2 is 1.92 bits per heavy atom. The number of carbonyl (C=O) groups excluding carboxylic acids is 2. The van der Waals surface area contributed by atoms with Crippen molar-refractivity contribution >= 4 is 33.5 Å². The van der Waals surface area contributed by atoms with Crippen LogP contribution in [0.4, 0.5) is 0 Å². The summed E-state index contributed by atoms with van der Waals surface area (Å²) in [5, 5.41) is 2.75. The standard InChI is InChI=1S/C16H19ClN2O5S/c17-13-6-3-11(16(21)24-10-15(20)18-12-4-5-12)9-14(13)25(22,23)19-7-1-2-8-19/h3,6,9,12H,1-2,4-5,7-8,10H2,(H,18,20). The van der Waals surface area contributed by atoms with Gasteiger partial charge in [0.1, 0.15) is 4.90 Å². The molecule has 25 heavy (non-hydrogen) atoms. The Labute approximate surface area is 151 Å². The SMILES string of the molecule is O=C(COC(=O)c1ccc(Cl)c(S(=O)(=O)N2CCCC2)c1)NC1CC1. The average molecular weight is 387 g/mol. The van der Waals surface area contributed by atoms with Crippen LogP contribution in [0.3, 0.4) is 0 Å². The predicted octanol–water partition coefficient (Wildman–Crippen LogP) is 1.56. The molecule has 0 bridgehead atoms. The van der Waals surface area contributed by atoms with E-state index in [9.17, 15) is 18.0 Å². The molecule has 0 atom stereocenters. The molecule has 1 saturated carbocycles. The van der Waals surface area contributed by atoms with E-state index in [0.717, 1.165) is 25.7 Å². The molecule has 136 valence electrons. The molecule has 9 heteroatoms. The number of hydrogen-bond donors (Lipinski definition) is 1. The highest BCUT2D eigenvalue weighted by atomic mass is 35.5. The third-order valence-corrected chi connectivity index (χ3v) is 6.51. The summed E-state index contributed by atoms with van der Waals surface area (Å²) in [5.74, 6) is -1.13. The first kappa shape index (κ1) is 18.2. The monoisotopic (exact) mass is 386 g/mol. The average Bonchev–Trinajstić information content (AvgIpc) is 3.20. The lowest BCUT2D eigenvalue weighted by Gasteiger charge is -2.17. The quantitative estimate of drug-likeness (QED) is 0.749. The molecule has 0 radical (unpaired) electrons. The molecule has 2 fully saturated rings. The van der Waals surface area contributed by atoms with Gasteiger partial charge in [-0.15, -0.1) is 0 Å². The molecule has 1 heterocycles. The Morgan fingerprint density at radius 1 is 1.24 bits per heavy atom. The molecule has 1 aromatic rings. The third-order valence-electron chi connectivity index (χ3n) is 4.13. The summed E-state index contributed by atoms with van der Waals surface area (Å²) in [6.07, 6.45) is 3.48. The van der Waals surface area contributed by atoms with Gasteiger partial charge in [0.05, 0.1) is 10.6 Å². The highest BCUT2D eigenvalue weighted by molar-refractivity contribution is 7.89. The fourth-order valence-electron chi connectivity index (χ4n) is 2.61. The molecule has 2 aliphatic rings. The van der Waals surface area contributed by atoms with E-state index in [1.54, 1.807) is 0 Å². The molecule has 1 aliphatic carbocycles. The first-order chi connectivity index (χ1) is 11.9. The van der Waals surface area contributed by atoms with Crippen LogP contribution >= 0.6 is 11.6 Å². The summed E-state index contributed by atoms with van der Waals surface area (Å²) in [5.41, 5.74) is 0.0430. The van der Waals surface area contributed by atoms with Gasteiger partial charge in [-0.25, -0.2) is 13.2 Å². The van der Waals surface area contributed by atoms with E-state index >= 15 is 0 Å². The Balaban J connectivity index is 1.71. The van der Waals surface area contributed by atoms with Crippen molar-refractivity contribution in [2.75, 3.05) is 19.7 Å². The Hall–Kier alpha value is -1.64. The van der Waals surface area contributed by atoms with Crippen LogP contribution in [0.5, 0.6) is 0 Å². The minimum Gasteiger partial charge on any atom is -0.452 e. The number of nitrogens with one attached hydrogen (secondary N) is 1. The molecule has 3 rings (SSSR count). The van der Waals surface area contributed by atoms with E-state index in [-0.39, 0.29) is 27.4 Å². The van der Waals surface area contributed by atoms with Gasteiger partial charge in [-0.3, -0.25) is 4.79 Å². The van der Waals surface area contributed by atoms with E-state index < -0.39 is 22.6 Å². The van der Waals surface area contributed by atoms with Crippen molar-refractivity contribution in [1.29, 1.82) is 0 Å². The normalized spacial score (nSPS) is 18.1. The third kappa shape index (κ3) is 4.31. The second-order valence-corrected chi connectivity index (χ2v) is 8.49. The second-order valence-electron chi connectivity index (χ2n) is 6.17. The van der Waals surface area contributed by atoms with E-state index in [2.05, 4.69) is 5.32 Å². The lowest BCUT2D eigenvalue weighted by molar-refractivity contribution is -0.124. The fourth-order valence-corrected chi connectivity index (χ4v) is 4.62. The zero-order chi connectivity index (χ0) is 18.0. The summed E-state index contributed by atoms with van der Waals surface area (Å²) in [6.45, 7) is 0.482. The van der Waals surface area contributed by atoms with Crippen LogP contribution < -0.4 is 5.32 Å². The topological polar surface area (TPSA) is 92.8 Å². The minimum atomic E-state index is -3.75. The Bertz CT molecular complexity index is 786. The molecule has 1 aromatic carbocycles. The van der Waals surface area contributed by atoms with Gasteiger partial charge in [-0.2, -0.15) is 4.31 Å². The van der Waals surface area contributed by atoms with Crippen molar-refractivity contribution in [2.45, 2.75) is 36.6 Å². The van der Waals surface area contributed by atoms with Crippen LogP contribution in [0.1, 0.15) is 36.0 Å². The van der Waals surface area contributed by atoms with Crippen LogP contribution in [0.15, 0.2) is 23.1 Å². The molecule has 7 nitrogen and oxygen atoms in total. The molecule has 0 aromatic heterocycles. The molecule has 1 aliphatic heterocycles. The molecule has 1 saturated heterocycles. The van der Waals surface area contributed by atoms with Gasteiger partial charge in [-0.05, 0) is 43.9 Å². The number of hydrogen-bond acceptors (Lipinski definition) is 5. The number of esters is 1. The number of rotatable bonds is 6. The number of amides is 1. The number of nitrogens with zero attached hydrogens (tertiary/aromatic N) is 1. The van der Waals surface area contributed by atoms with Gasteiger partial charge in [0, 0.05) is 19.1 Å². The first-order valence-electron chi connectivity index (χ1n) is 8.14. The van der Waals surface area contributed by atoms with Gasteiger partial charge in [0.25, 0.3) is 5.91 Å². The van der Waals surface area contributed by atoms with Crippen LogP contribution in [-0.4, -0.2) is 50.3 Å². The van der Waals surface area contributed by atoms with Crippen molar-refractivity contribution in [2.24, 2.45) is 0 Å². The van der Waals surface area contributed by atoms with Crippen molar-refractivity contribution < 1.29 is 22.7 Å². The van der Waals surface area contributed by atoms with Crippen molar-refractivity contribution in [3.8, 4) is 0 Å². The fraction of sp³-hybridized carbons (Fsp3) is 0.500. The number of ether oxygens (including phenoxy) is 1. The maximum atomic E-state index is 12.6. The molecular formula is C16H19ClN2O5S. The lowest BCUT2D eigenvalue weighted by atomic mass is 10.2. The smallest absolute Gasteiger partial charge is 0.338 e. The highest BCUT2D eigenvalue weighted by Gasteiger charge is 2.30. The molecule has 0 unspecified atom stereocenters. The highest BCUT2D eigenvalue weighted by Crippen LogP contribution is 2.28. The zero-order valence-corrected chi connectivity index (χ0v) is 15.1. The van der Waals surface area contributed by atoms with Gasteiger partial charge in [-0.1, -0.05) is 11.6 Å².